The van der Waals surface area contributed by atoms with Gasteiger partial charge in [0.05, 0.1) is 22.4 Å². The van der Waals surface area contributed by atoms with Crippen LogP contribution in [0.4, 0.5) is 20.2 Å². The number of amides is 1. The van der Waals surface area contributed by atoms with Gasteiger partial charge in [0.15, 0.2) is 0 Å². The molecule has 1 atom stereocenters. The van der Waals surface area contributed by atoms with E-state index in [2.05, 4.69) is 19.9 Å². The number of nitrogens with one attached hydrogen (secondary N) is 1. The Kier molecular flexibility index (Phi) is 6.70. The molecule has 1 aliphatic rings. The number of carbonyl (C=O) groups is 1. The van der Waals surface area contributed by atoms with E-state index < -0.39 is 12.7 Å². The number of hydrogen-bond donors (Lipinski definition) is 1. The molecule has 0 aliphatic carbocycles. The molecule has 0 unspecified atom stereocenters. The first kappa shape index (κ1) is 20.4. The first-order valence-corrected chi connectivity index (χ1v) is 9.41. The average molecular weight is 410 g/mol. The summed E-state index contributed by atoms with van der Waals surface area (Å²) in [6.07, 6.45) is 0. The predicted molar refractivity (Wildman–Crippen MR) is 106 cm³/mol. The van der Waals surface area contributed by atoms with Crippen LogP contribution < -0.4 is 15.0 Å². The molecule has 1 aliphatic heterocycles. The average Bonchev–Trinajstić information content (AvgIpc) is 2.69. The van der Waals surface area contributed by atoms with Gasteiger partial charge in [0.25, 0.3) is 0 Å². The van der Waals surface area contributed by atoms with Gasteiger partial charge < -0.3 is 15.0 Å². The number of alkyl halides is 2. The van der Waals surface area contributed by atoms with Gasteiger partial charge in [-0.05, 0) is 31.2 Å². The van der Waals surface area contributed by atoms with E-state index in [4.69, 9.17) is 11.6 Å². The van der Waals surface area contributed by atoms with Crippen LogP contribution in [-0.4, -0.2) is 49.6 Å². The van der Waals surface area contributed by atoms with Crippen LogP contribution >= 0.6 is 11.6 Å². The van der Waals surface area contributed by atoms with Crippen molar-refractivity contribution in [2.75, 3.05) is 36.4 Å². The van der Waals surface area contributed by atoms with E-state index in [-0.39, 0.29) is 17.3 Å². The van der Waals surface area contributed by atoms with Crippen molar-refractivity contribution in [2.45, 2.75) is 19.6 Å². The van der Waals surface area contributed by atoms with Crippen molar-refractivity contribution < 1.29 is 18.3 Å². The van der Waals surface area contributed by atoms with Crippen molar-refractivity contribution in [3.63, 3.8) is 0 Å². The highest BCUT2D eigenvalue weighted by Crippen LogP contribution is 2.27. The summed E-state index contributed by atoms with van der Waals surface area (Å²) >= 11 is 6.26. The van der Waals surface area contributed by atoms with E-state index >= 15 is 0 Å². The molecule has 1 fully saturated rings. The topological polar surface area (TPSA) is 44.8 Å². The first-order valence-electron chi connectivity index (χ1n) is 9.04. The second kappa shape index (κ2) is 9.21. The molecule has 8 heteroatoms. The zero-order valence-electron chi connectivity index (χ0n) is 15.4. The van der Waals surface area contributed by atoms with Crippen molar-refractivity contribution in [1.29, 1.82) is 0 Å². The van der Waals surface area contributed by atoms with Gasteiger partial charge in [-0.2, -0.15) is 8.78 Å². The summed E-state index contributed by atoms with van der Waals surface area (Å²) in [5, 5.41) is 3.40. The molecule has 0 bridgehead atoms. The Morgan fingerprint density at radius 2 is 1.71 bits per heavy atom. The normalized spacial score (nSPS) is 16.1. The minimum Gasteiger partial charge on any atom is -0.433 e. The number of benzene rings is 2. The third-order valence-electron chi connectivity index (χ3n) is 4.80. The predicted octanol–water partition coefficient (Wildman–Crippen LogP) is 4.09. The molecule has 5 nitrogen and oxygen atoms in total. The van der Waals surface area contributed by atoms with Crippen LogP contribution in [0.25, 0.3) is 0 Å². The maximum absolute atomic E-state index is 12.6. The third kappa shape index (κ3) is 4.91. The van der Waals surface area contributed by atoms with E-state index in [0.29, 0.717) is 18.1 Å². The molecular weight excluding hydrogens is 388 g/mol. The maximum atomic E-state index is 12.6. The summed E-state index contributed by atoms with van der Waals surface area (Å²) in [5.41, 5.74) is 1.22. The summed E-state index contributed by atoms with van der Waals surface area (Å²) in [6.45, 7) is 1.72. The molecule has 2 aromatic carbocycles. The number of anilines is 2. The minimum atomic E-state index is -2.95. The number of ether oxygens (including phenoxy) is 1. The van der Waals surface area contributed by atoms with E-state index in [1.807, 2.05) is 24.3 Å². The molecule has 2 aromatic rings. The molecule has 150 valence electrons. The molecule has 1 saturated heterocycles. The number of rotatable bonds is 6. The van der Waals surface area contributed by atoms with Gasteiger partial charge >= 0.3 is 6.61 Å². The molecule has 28 heavy (non-hydrogen) atoms. The lowest BCUT2D eigenvalue weighted by atomic mass is 10.2. The Balaban J connectivity index is 1.59. The Labute approximate surface area is 167 Å². The fourth-order valence-corrected chi connectivity index (χ4v) is 3.49. The quantitative estimate of drug-likeness (QED) is 0.780. The van der Waals surface area contributed by atoms with Gasteiger partial charge in [-0.1, -0.05) is 35.9 Å². The van der Waals surface area contributed by atoms with E-state index in [0.717, 1.165) is 18.8 Å². The van der Waals surface area contributed by atoms with Crippen molar-refractivity contribution in [3.05, 3.63) is 53.6 Å². The van der Waals surface area contributed by atoms with Gasteiger partial charge in [-0.3, -0.25) is 9.69 Å². The Bertz CT molecular complexity index is 814. The van der Waals surface area contributed by atoms with Crippen LogP contribution in [0.5, 0.6) is 5.75 Å². The lowest BCUT2D eigenvalue weighted by Crippen LogP contribution is -2.52. The second-order valence-corrected chi connectivity index (χ2v) is 6.92. The molecule has 0 aromatic heterocycles. The molecule has 0 saturated carbocycles. The fourth-order valence-electron chi connectivity index (χ4n) is 3.23. The number of nitrogens with zero attached hydrogens (tertiary/aromatic N) is 2. The van der Waals surface area contributed by atoms with Crippen molar-refractivity contribution in [2.24, 2.45) is 0 Å². The zero-order chi connectivity index (χ0) is 20.1. The number of halogens is 3. The Morgan fingerprint density at radius 1 is 1.07 bits per heavy atom. The van der Waals surface area contributed by atoms with Crippen LogP contribution in [0, 0.1) is 0 Å². The van der Waals surface area contributed by atoms with E-state index in [1.54, 1.807) is 19.1 Å². The lowest BCUT2D eigenvalue weighted by Gasteiger charge is -2.38. The molecule has 3 rings (SSSR count). The van der Waals surface area contributed by atoms with E-state index in [9.17, 15) is 13.6 Å². The summed E-state index contributed by atoms with van der Waals surface area (Å²) in [4.78, 5) is 16.9. The summed E-state index contributed by atoms with van der Waals surface area (Å²) in [6, 6.07) is 13.4. The highest BCUT2D eigenvalue weighted by Gasteiger charge is 2.27. The molecule has 1 N–H and O–H groups in total. The first-order chi connectivity index (χ1) is 13.5. The molecular formula is C20H22ClF2N3O2. The van der Waals surface area contributed by atoms with Gasteiger partial charge in [-0.25, -0.2) is 0 Å². The van der Waals surface area contributed by atoms with Gasteiger partial charge in [-0.15, -0.1) is 0 Å². The van der Waals surface area contributed by atoms with Crippen molar-refractivity contribution in [3.8, 4) is 5.75 Å². The largest absolute Gasteiger partial charge is 0.433 e. The summed E-state index contributed by atoms with van der Waals surface area (Å²) < 4.78 is 29.5. The Morgan fingerprint density at radius 3 is 2.39 bits per heavy atom. The Hall–Kier alpha value is -2.38. The molecule has 1 amide bonds. The standard InChI is InChI=1S/C20H22ClF2N3O2/c1-14(19(27)24-16-7-3-5-9-18(16)28-20(22)23)25-10-12-26(13-11-25)17-8-4-2-6-15(17)21/h2-9,14,20H,10-13H2,1H3,(H,24,27)/t14-/m0/s1. The van der Waals surface area contributed by atoms with Crippen LogP contribution in [0.3, 0.4) is 0 Å². The third-order valence-corrected chi connectivity index (χ3v) is 5.12. The van der Waals surface area contributed by atoms with Crippen LogP contribution in [0.2, 0.25) is 5.02 Å². The number of hydrogen-bond acceptors (Lipinski definition) is 4. The highest BCUT2D eigenvalue weighted by atomic mass is 35.5. The summed E-state index contributed by atoms with van der Waals surface area (Å²) in [7, 11) is 0. The van der Waals surface area contributed by atoms with Crippen LogP contribution in [-0.2, 0) is 4.79 Å². The van der Waals surface area contributed by atoms with Crippen LogP contribution in [0.1, 0.15) is 6.92 Å². The van der Waals surface area contributed by atoms with Gasteiger partial charge in [0, 0.05) is 26.2 Å². The van der Waals surface area contributed by atoms with Crippen molar-refractivity contribution >= 4 is 28.9 Å². The van der Waals surface area contributed by atoms with Crippen molar-refractivity contribution in [1.82, 2.24) is 4.90 Å². The number of carbonyl (C=O) groups excluding carboxylic acids is 1. The van der Waals surface area contributed by atoms with Gasteiger partial charge in [0.1, 0.15) is 5.75 Å². The minimum absolute atomic E-state index is 0.0541. The van der Waals surface area contributed by atoms with Crippen LogP contribution in [0.15, 0.2) is 48.5 Å². The zero-order valence-corrected chi connectivity index (χ0v) is 16.2. The maximum Gasteiger partial charge on any atom is 0.387 e. The second-order valence-electron chi connectivity index (χ2n) is 6.51. The SMILES string of the molecule is C[C@@H](C(=O)Nc1ccccc1OC(F)F)N1CCN(c2ccccc2Cl)CC1. The molecule has 0 spiro atoms. The highest BCUT2D eigenvalue weighted by molar-refractivity contribution is 6.33. The number of piperazine rings is 1. The fraction of sp³-hybridized carbons (Fsp3) is 0.350. The van der Waals surface area contributed by atoms with Gasteiger partial charge in [0.2, 0.25) is 5.91 Å². The molecule has 0 radical (unpaired) electrons. The molecule has 1 heterocycles. The lowest BCUT2D eigenvalue weighted by molar-refractivity contribution is -0.120. The monoisotopic (exact) mass is 409 g/mol. The number of para-hydroxylation sites is 3. The smallest absolute Gasteiger partial charge is 0.387 e. The van der Waals surface area contributed by atoms with E-state index in [1.165, 1.54) is 12.1 Å². The summed E-state index contributed by atoms with van der Waals surface area (Å²) in [5.74, 6) is -0.321.